The van der Waals surface area contributed by atoms with E-state index in [0.29, 0.717) is 65.0 Å². The number of carbonyl (C=O) groups is 5. The van der Waals surface area contributed by atoms with Crippen LogP contribution in [-0.2, 0) is 25.9 Å². The Kier molecular flexibility index (Phi) is 12.5. The van der Waals surface area contributed by atoms with Crippen LogP contribution in [0.5, 0.6) is 11.5 Å². The monoisotopic (exact) mass is 782 g/mol. The standard InChI is InChI=1S/C40H50N10O7/c1-46(2)13-9-12-41-37(52)31-17-26(23-47(31)3)44-39(54)33-18-27(24-49(33)5)45-38(53)32-16-25(22-48(32)4)43-36(51)11-8-15-57-35-20-30-29(19-34(35)56-6)40(55)50-14-7-10-28(50)21-42-30/h16-24,28H,7-15H2,1-6H3,(H,41,52)(H,43,51)(H,44,54)(H,45,53)/t28-/m0/s1. The first kappa shape index (κ1) is 40.3. The van der Waals surface area contributed by atoms with E-state index in [-0.39, 0.29) is 48.2 Å². The molecule has 17 nitrogen and oxygen atoms in total. The lowest BCUT2D eigenvalue weighted by Crippen LogP contribution is -2.35. The van der Waals surface area contributed by atoms with Crippen LogP contribution in [0.4, 0.5) is 22.7 Å². The van der Waals surface area contributed by atoms with Gasteiger partial charge in [-0.1, -0.05) is 0 Å². The SMILES string of the molecule is COc1cc2c(cc1OCCCC(=O)Nc1cc(C(=O)Nc3cc(C(=O)Nc4cc(C(=O)NCCCN(C)C)n(C)c4)n(C)c3)n(C)c1)N=C[C@@H]1CCCN1C2=O. The second-order valence-corrected chi connectivity index (χ2v) is 14.5. The lowest BCUT2D eigenvalue weighted by molar-refractivity contribution is -0.116. The van der Waals surface area contributed by atoms with Crippen LogP contribution < -0.4 is 30.7 Å². The third-order valence-electron chi connectivity index (χ3n) is 9.84. The Morgan fingerprint density at radius 1 is 0.807 bits per heavy atom. The molecule has 17 heteroatoms. The Bertz CT molecular complexity index is 2200. The van der Waals surface area contributed by atoms with Gasteiger partial charge in [-0.25, -0.2) is 0 Å². The molecule has 0 aliphatic carbocycles. The van der Waals surface area contributed by atoms with E-state index in [4.69, 9.17) is 9.47 Å². The molecule has 1 saturated heterocycles. The third kappa shape index (κ3) is 9.55. The van der Waals surface area contributed by atoms with Gasteiger partial charge >= 0.3 is 0 Å². The molecule has 3 aromatic heterocycles. The van der Waals surface area contributed by atoms with Crippen LogP contribution in [0.15, 0.2) is 53.9 Å². The second kappa shape index (κ2) is 17.6. The number of carbonyl (C=O) groups excluding carboxylic acids is 5. The molecule has 2 aliphatic heterocycles. The molecule has 6 rings (SSSR count). The summed E-state index contributed by atoms with van der Waals surface area (Å²) in [5, 5.41) is 11.4. The molecule has 1 aromatic carbocycles. The first-order valence-electron chi connectivity index (χ1n) is 18.9. The van der Waals surface area contributed by atoms with Gasteiger partial charge in [-0.2, -0.15) is 0 Å². The van der Waals surface area contributed by atoms with Crippen molar-refractivity contribution in [1.82, 2.24) is 28.8 Å². The highest BCUT2D eigenvalue weighted by Gasteiger charge is 2.32. The molecule has 1 atom stereocenters. The number of hydrogen-bond donors (Lipinski definition) is 4. The number of nitrogens with zero attached hydrogens (tertiary/aromatic N) is 6. The predicted molar refractivity (Wildman–Crippen MR) is 216 cm³/mol. The summed E-state index contributed by atoms with van der Waals surface area (Å²) in [6.07, 6.45) is 9.93. The van der Waals surface area contributed by atoms with E-state index in [1.165, 1.54) is 7.11 Å². The molecular weight excluding hydrogens is 733 g/mol. The Balaban J connectivity index is 0.980. The largest absolute Gasteiger partial charge is 0.493 e. The van der Waals surface area contributed by atoms with E-state index >= 15 is 0 Å². The zero-order valence-electron chi connectivity index (χ0n) is 33.2. The fourth-order valence-corrected chi connectivity index (χ4v) is 6.91. The third-order valence-corrected chi connectivity index (χ3v) is 9.84. The van der Waals surface area contributed by atoms with Crippen molar-refractivity contribution in [3.05, 3.63) is 71.6 Å². The number of nitrogens with one attached hydrogen (secondary N) is 4. The minimum atomic E-state index is -0.436. The summed E-state index contributed by atoms with van der Waals surface area (Å²) < 4.78 is 16.3. The van der Waals surface area contributed by atoms with Crippen LogP contribution in [0.2, 0.25) is 0 Å². The molecule has 0 unspecified atom stereocenters. The molecule has 0 saturated carbocycles. The number of methoxy groups -OCH3 is 1. The van der Waals surface area contributed by atoms with Gasteiger partial charge in [0, 0.05) is 71.5 Å². The smallest absolute Gasteiger partial charge is 0.272 e. The minimum Gasteiger partial charge on any atom is -0.493 e. The highest BCUT2D eigenvalue weighted by molar-refractivity contribution is 6.08. The van der Waals surface area contributed by atoms with Gasteiger partial charge in [0.1, 0.15) is 17.1 Å². The fourth-order valence-electron chi connectivity index (χ4n) is 6.91. The van der Waals surface area contributed by atoms with E-state index in [9.17, 15) is 24.0 Å². The number of aryl methyl sites for hydroxylation is 3. The van der Waals surface area contributed by atoms with Gasteiger partial charge in [-0.05, 0) is 70.6 Å². The Morgan fingerprint density at radius 3 is 2.00 bits per heavy atom. The summed E-state index contributed by atoms with van der Waals surface area (Å²) >= 11 is 0. The van der Waals surface area contributed by atoms with Crippen molar-refractivity contribution < 1.29 is 33.4 Å². The number of hydrogen-bond acceptors (Lipinski definition) is 9. The molecule has 302 valence electrons. The molecule has 0 bridgehead atoms. The summed E-state index contributed by atoms with van der Waals surface area (Å²) in [5.41, 5.74) is 3.29. The topological polar surface area (TPSA) is 186 Å². The zero-order valence-corrected chi connectivity index (χ0v) is 33.2. The van der Waals surface area contributed by atoms with E-state index in [1.54, 1.807) is 83.8 Å². The van der Waals surface area contributed by atoms with Gasteiger partial charge in [-0.15, -0.1) is 0 Å². The van der Waals surface area contributed by atoms with Crippen LogP contribution in [0.3, 0.4) is 0 Å². The van der Waals surface area contributed by atoms with Crippen LogP contribution >= 0.6 is 0 Å². The van der Waals surface area contributed by atoms with Crippen molar-refractivity contribution in [2.45, 2.75) is 38.1 Å². The lowest BCUT2D eigenvalue weighted by Gasteiger charge is -2.20. The molecule has 1 fully saturated rings. The Hall–Kier alpha value is -6.36. The first-order valence-corrected chi connectivity index (χ1v) is 18.9. The average Bonchev–Trinajstić information content (AvgIpc) is 3.95. The number of fused-ring (bicyclic) bond motifs is 2. The lowest BCUT2D eigenvalue weighted by atomic mass is 10.1. The molecule has 5 heterocycles. The molecule has 5 amide bonds. The Labute approximate surface area is 331 Å². The van der Waals surface area contributed by atoms with Crippen molar-refractivity contribution in [3.63, 3.8) is 0 Å². The number of rotatable bonds is 16. The maximum atomic E-state index is 13.3. The second-order valence-electron chi connectivity index (χ2n) is 14.5. The number of ether oxygens (including phenoxy) is 2. The average molecular weight is 783 g/mol. The molecular formula is C40H50N10O7. The number of benzene rings is 1. The summed E-state index contributed by atoms with van der Waals surface area (Å²) in [7, 11) is 10.6. The number of aromatic nitrogens is 3. The number of aliphatic imine (C=N–C) groups is 1. The van der Waals surface area contributed by atoms with E-state index in [2.05, 4.69) is 26.3 Å². The van der Waals surface area contributed by atoms with Crippen LogP contribution in [0.25, 0.3) is 0 Å². The molecule has 0 radical (unpaired) electrons. The van der Waals surface area contributed by atoms with Gasteiger partial charge in [-0.3, -0.25) is 29.0 Å². The molecule has 2 aliphatic rings. The van der Waals surface area contributed by atoms with Gasteiger partial charge < -0.3 is 54.2 Å². The summed E-state index contributed by atoms with van der Waals surface area (Å²) in [6, 6.07) is 8.09. The van der Waals surface area contributed by atoms with Gasteiger partial charge in [0.05, 0.1) is 48.1 Å². The first-order chi connectivity index (χ1) is 27.3. The van der Waals surface area contributed by atoms with Gasteiger partial charge in [0.15, 0.2) is 11.5 Å². The molecule has 0 spiro atoms. The fraction of sp³-hybridized carbons (Fsp3) is 0.400. The van der Waals surface area contributed by atoms with Crippen molar-refractivity contribution in [3.8, 4) is 11.5 Å². The Morgan fingerprint density at radius 2 is 1.40 bits per heavy atom. The maximum absolute atomic E-state index is 13.3. The predicted octanol–water partition coefficient (Wildman–Crippen LogP) is 4.02. The summed E-state index contributed by atoms with van der Waals surface area (Å²) in [4.78, 5) is 73.5. The van der Waals surface area contributed by atoms with Crippen molar-refractivity contribution >= 4 is 58.5 Å². The van der Waals surface area contributed by atoms with Crippen molar-refractivity contribution in [1.29, 1.82) is 0 Å². The molecule has 4 N–H and O–H groups in total. The summed E-state index contributed by atoms with van der Waals surface area (Å²) in [5.74, 6) is -0.565. The van der Waals surface area contributed by atoms with Gasteiger partial charge in [0.25, 0.3) is 23.6 Å². The van der Waals surface area contributed by atoms with E-state index in [0.717, 1.165) is 25.8 Å². The van der Waals surface area contributed by atoms with E-state index in [1.807, 2.05) is 30.1 Å². The van der Waals surface area contributed by atoms with Crippen LogP contribution in [-0.4, -0.2) is 113 Å². The maximum Gasteiger partial charge on any atom is 0.272 e. The van der Waals surface area contributed by atoms with Crippen molar-refractivity contribution in [2.75, 3.05) is 63.4 Å². The van der Waals surface area contributed by atoms with Crippen LogP contribution in [0, 0.1) is 0 Å². The minimum absolute atomic E-state index is 0.00637. The summed E-state index contributed by atoms with van der Waals surface area (Å²) in [6.45, 7) is 2.31. The van der Waals surface area contributed by atoms with E-state index < -0.39 is 11.8 Å². The number of anilines is 3. The highest BCUT2D eigenvalue weighted by Crippen LogP contribution is 2.38. The van der Waals surface area contributed by atoms with Crippen LogP contribution in [0.1, 0.15) is 73.9 Å². The number of amides is 5. The molecule has 4 aromatic rings. The molecule has 57 heavy (non-hydrogen) atoms. The highest BCUT2D eigenvalue weighted by atomic mass is 16.5. The zero-order chi connectivity index (χ0) is 40.8. The quantitative estimate of drug-likeness (QED) is 0.123. The normalized spacial score (nSPS) is 14.5. The van der Waals surface area contributed by atoms with Gasteiger partial charge in [0.2, 0.25) is 5.91 Å². The van der Waals surface area contributed by atoms with Crippen molar-refractivity contribution in [2.24, 2.45) is 26.1 Å².